The molecule has 0 atom stereocenters. The number of aryl methyl sites for hydroxylation is 1. The van der Waals surface area contributed by atoms with Crippen molar-refractivity contribution in [3.8, 4) is 0 Å². The number of thiophene rings is 1. The highest BCUT2D eigenvalue weighted by molar-refractivity contribution is 7.12. The number of hydrogen-bond donors (Lipinski definition) is 2. The van der Waals surface area contributed by atoms with E-state index >= 15 is 0 Å². The number of piperidine rings is 1. The second kappa shape index (κ2) is 9.54. The van der Waals surface area contributed by atoms with Crippen molar-refractivity contribution < 1.29 is 9.59 Å². The topological polar surface area (TPSA) is 61.4 Å². The molecule has 1 fully saturated rings. The highest BCUT2D eigenvalue weighted by Gasteiger charge is 2.20. The predicted octanol–water partition coefficient (Wildman–Crippen LogP) is 6.20. The van der Waals surface area contributed by atoms with Crippen LogP contribution in [0.5, 0.6) is 0 Å². The summed E-state index contributed by atoms with van der Waals surface area (Å²) in [5, 5.41) is 8.32. The number of halogens is 1. The van der Waals surface area contributed by atoms with Crippen LogP contribution in [0.1, 0.15) is 44.9 Å². The van der Waals surface area contributed by atoms with Gasteiger partial charge in [0.25, 0.3) is 11.8 Å². The van der Waals surface area contributed by atoms with E-state index in [1.54, 1.807) is 18.2 Å². The van der Waals surface area contributed by atoms with E-state index in [9.17, 15) is 9.59 Å². The summed E-state index contributed by atoms with van der Waals surface area (Å²) in [6, 6.07) is 14.6. The number of anilines is 3. The number of carbonyl (C=O) groups is 2. The minimum Gasteiger partial charge on any atom is -0.371 e. The molecule has 1 aliphatic rings. The third kappa shape index (κ3) is 5.09. The lowest BCUT2D eigenvalue weighted by Crippen LogP contribution is -2.31. The first-order valence-corrected chi connectivity index (χ1v) is 11.6. The predicted molar refractivity (Wildman–Crippen MR) is 129 cm³/mol. The molecule has 7 heteroatoms. The van der Waals surface area contributed by atoms with Crippen LogP contribution in [0, 0.1) is 6.92 Å². The summed E-state index contributed by atoms with van der Waals surface area (Å²) >= 11 is 7.60. The second-order valence-electron chi connectivity index (χ2n) is 7.63. The fourth-order valence-electron chi connectivity index (χ4n) is 3.68. The standard InChI is InChI=1S/C24H24ClN3O2S/c1-16-7-8-18(15-20(16)25)26-23(29)19-14-17(27-24(30)22-6-5-13-31-22)9-10-21(19)28-11-3-2-4-12-28/h5-10,13-15H,2-4,11-12H2,1H3,(H,26,29)(H,27,30). The molecular weight excluding hydrogens is 430 g/mol. The summed E-state index contributed by atoms with van der Waals surface area (Å²) in [6.07, 6.45) is 3.41. The summed E-state index contributed by atoms with van der Waals surface area (Å²) in [5.41, 5.74) is 3.59. The quantitative estimate of drug-likeness (QED) is 0.483. The van der Waals surface area contributed by atoms with Crippen molar-refractivity contribution in [2.24, 2.45) is 0 Å². The molecule has 1 aliphatic heterocycles. The molecule has 1 saturated heterocycles. The number of hydrogen-bond acceptors (Lipinski definition) is 4. The fourth-order valence-corrected chi connectivity index (χ4v) is 4.48. The van der Waals surface area contributed by atoms with Crippen LogP contribution in [0.3, 0.4) is 0 Å². The Balaban J connectivity index is 1.63. The molecule has 160 valence electrons. The van der Waals surface area contributed by atoms with Gasteiger partial charge in [-0.3, -0.25) is 9.59 Å². The number of amides is 2. The maximum atomic E-state index is 13.2. The van der Waals surface area contributed by atoms with Crippen LogP contribution in [0.2, 0.25) is 5.02 Å². The van der Waals surface area contributed by atoms with Crippen molar-refractivity contribution in [1.29, 1.82) is 0 Å². The Morgan fingerprint density at radius 1 is 0.935 bits per heavy atom. The molecule has 2 heterocycles. The number of benzene rings is 2. The number of carbonyl (C=O) groups excluding carboxylic acids is 2. The van der Waals surface area contributed by atoms with E-state index in [-0.39, 0.29) is 11.8 Å². The second-order valence-corrected chi connectivity index (χ2v) is 8.98. The summed E-state index contributed by atoms with van der Waals surface area (Å²) in [7, 11) is 0. The van der Waals surface area contributed by atoms with Gasteiger partial charge < -0.3 is 15.5 Å². The van der Waals surface area contributed by atoms with Crippen LogP contribution in [-0.2, 0) is 0 Å². The Morgan fingerprint density at radius 3 is 2.35 bits per heavy atom. The maximum absolute atomic E-state index is 13.2. The Kier molecular flexibility index (Phi) is 6.59. The van der Waals surface area contributed by atoms with E-state index in [0.717, 1.165) is 37.2 Å². The molecule has 4 rings (SSSR count). The lowest BCUT2D eigenvalue weighted by Gasteiger charge is -2.30. The van der Waals surface area contributed by atoms with Gasteiger partial charge in [0.1, 0.15) is 0 Å². The smallest absolute Gasteiger partial charge is 0.265 e. The minimum atomic E-state index is -0.229. The van der Waals surface area contributed by atoms with E-state index < -0.39 is 0 Å². The van der Waals surface area contributed by atoms with Gasteiger partial charge in [-0.1, -0.05) is 23.7 Å². The van der Waals surface area contributed by atoms with Gasteiger partial charge in [0, 0.05) is 35.2 Å². The third-order valence-electron chi connectivity index (χ3n) is 5.37. The molecule has 2 aromatic carbocycles. The van der Waals surface area contributed by atoms with Crippen LogP contribution < -0.4 is 15.5 Å². The Morgan fingerprint density at radius 2 is 1.65 bits per heavy atom. The van der Waals surface area contributed by atoms with Crippen LogP contribution in [0.25, 0.3) is 0 Å². The monoisotopic (exact) mass is 453 g/mol. The molecule has 0 saturated carbocycles. The largest absolute Gasteiger partial charge is 0.371 e. The highest BCUT2D eigenvalue weighted by atomic mass is 35.5. The van der Waals surface area contributed by atoms with Crippen LogP contribution >= 0.6 is 22.9 Å². The van der Waals surface area contributed by atoms with Gasteiger partial charge in [0.15, 0.2) is 0 Å². The normalized spacial score (nSPS) is 13.7. The number of rotatable bonds is 5. The number of nitrogens with zero attached hydrogens (tertiary/aromatic N) is 1. The number of nitrogens with one attached hydrogen (secondary N) is 2. The lowest BCUT2D eigenvalue weighted by molar-refractivity contribution is 0.101. The van der Waals surface area contributed by atoms with Crippen molar-refractivity contribution in [3.63, 3.8) is 0 Å². The van der Waals surface area contributed by atoms with E-state index in [4.69, 9.17) is 11.6 Å². The molecule has 0 spiro atoms. The van der Waals surface area contributed by atoms with Crippen molar-refractivity contribution >= 4 is 51.8 Å². The average molecular weight is 454 g/mol. The van der Waals surface area contributed by atoms with Gasteiger partial charge >= 0.3 is 0 Å². The lowest BCUT2D eigenvalue weighted by atomic mass is 10.1. The molecule has 2 N–H and O–H groups in total. The van der Waals surface area contributed by atoms with Crippen molar-refractivity contribution in [2.75, 3.05) is 28.6 Å². The summed E-state index contributed by atoms with van der Waals surface area (Å²) in [6.45, 7) is 3.75. The minimum absolute atomic E-state index is 0.183. The molecule has 0 radical (unpaired) electrons. The Bertz CT molecular complexity index is 1090. The van der Waals surface area contributed by atoms with Crippen LogP contribution in [0.4, 0.5) is 17.1 Å². The molecule has 0 bridgehead atoms. The van der Waals surface area contributed by atoms with E-state index in [0.29, 0.717) is 26.8 Å². The molecule has 2 amide bonds. The zero-order valence-corrected chi connectivity index (χ0v) is 18.9. The maximum Gasteiger partial charge on any atom is 0.265 e. The molecule has 0 aliphatic carbocycles. The van der Waals surface area contributed by atoms with Gasteiger partial charge in [0.2, 0.25) is 0 Å². The molecule has 3 aromatic rings. The first-order valence-electron chi connectivity index (χ1n) is 10.3. The third-order valence-corrected chi connectivity index (χ3v) is 6.65. The SMILES string of the molecule is Cc1ccc(NC(=O)c2cc(NC(=O)c3cccs3)ccc2N2CCCCC2)cc1Cl. The molecule has 1 aromatic heterocycles. The van der Waals surface area contributed by atoms with Crippen molar-refractivity contribution in [1.82, 2.24) is 0 Å². The van der Waals surface area contributed by atoms with Gasteiger partial charge in [-0.25, -0.2) is 0 Å². The van der Waals surface area contributed by atoms with E-state index in [1.165, 1.54) is 17.8 Å². The van der Waals surface area contributed by atoms with Gasteiger partial charge in [-0.15, -0.1) is 11.3 Å². The van der Waals surface area contributed by atoms with Crippen LogP contribution in [-0.4, -0.2) is 24.9 Å². The molecule has 31 heavy (non-hydrogen) atoms. The van der Waals surface area contributed by atoms with E-state index in [1.807, 2.05) is 42.6 Å². The zero-order chi connectivity index (χ0) is 21.8. The summed E-state index contributed by atoms with van der Waals surface area (Å²) in [4.78, 5) is 28.6. The molecule has 5 nitrogen and oxygen atoms in total. The summed E-state index contributed by atoms with van der Waals surface area (Å²) < 4.78 is 0. The zero-order valence-electron chi connectivity index (χ0n) is 17.3. The van der Waals surface area contributed by atoms with Gasteiger partial charge in [-0.2, -0.15) is 0 Å². The first kappa shape index (κ1) is 21.4. The van der Waals surface area contributed by atoms with Gasteiger partial charge in [0.05, 0.1) is 10.4 Å². The van der Waals surface area contributed by atoms with E-state index in [2.05, 4.69) is 15.5 Å². The Hall–Kier alpha value is -2.83. The van der Waals surface area contributed by atoms with Gasteiger partial charge in [-0.05, 0) is 73.5 Å². The molecular formula is C24H24ClN3O2S. The average Bonchev–Trinajstić information content (AvgIpc) is 3.32. The van der Waals surface area contributed by atoms with Crippen LogP contribution in [0.15, 0.2) is 53.9 Å². The fraction of sp³-hybridized carbons (Fsp3) is 0.250. The first-order chi connectivity index (χ1) is 15.0. The summed E-state index contributed by atoms with van der Waals surface area (Å²) in [5.74, 6) is -0.412. The molecule has 0 unspecified atom stereocenters. The Labute approximate surface area is 191 Å². The highest BCUT2D eigenvalue weighted by Crippen LogP contribution is 2.29. The van der Waals surface area contributed by atoms with Crippen molar-refractivity contribution in [2.45, 2.75) is 26.2 Å². The van der Waals surface area contributed by atoms with Crippen molar-refractivity contribution in [3.05, 3.63) is 74.9 Å².